The molecular weight excluding hydrogens is 332 g/mol. The third kappa shape index (κ3) is 2.84. The lowest BCUT2D eigenvalue weighted by Gasteiger charge is -2.08. The minimum Gasteiger partial charge on any atom is -0.478 e. The smallest absolute Gasteiger partial charge is 0.213 e. The maximum Gasteiger partial charge on any atom is 0.213 e. The number of ether oxygens (including phenoxy) is 1. The predicted octanol–water partition coefficient (Wildman–Crippen LogP) is 2.11. The van der Waals surface area contributed by atoms with Gasteiger partial charge in [-0.1, -0.05) is 0 Å². The van der Waals surface area contributed by atoms with Gasteiger partial charge >= 0.3 is 0 Å². The molecule has 26 heavy (non-hydrogen) atoms. The van der Waals surface area contributed by atoms with E-state index in [-0.39, 0.29) is 6.61 Å². The number of hydrogen-bond acceptors (Lipinski definition) is 7. The van der Waals surface area contributed by atoms with Gasteiger partial charge in [0.1, 0.15) is 5.52 Å². The van der Waals surface area contributed by atoms with Crippen molar-refractivity contribution in [2.24, 2.45) is 0 Å². The molecule has 0 aliphatic heterocycles. The number of aromatic nitrogens is 6. The summed E-state index contributed by atoms with van der Waals surface area (Å²) < 4.78 is 7.49. The predicted molar refractivity (Wildman–Crippen MR) is 96.0 cm³/mol. The van der Waals surface area contributed by atoms with Gasteiger partial charge in [-0.25, -0.2) is 15.0 Å². The SMILES string of the molecule is Cc1ccc2nc(C)c3nnc(-c4ccnc(OCCCO)c4)n3c2n1. The van der Waals surface area contributed by atoms with Gasteiger partial charge in [-0.15, -0.1) is 10.2 Å². The van der Waals surface area contributed by atoms with Gasteiger partial charge in [0, 0.05) is 36.5 Å². The van der Waals surface area contributed by atoms with Crippen molar-refractivity contribution in [1.29, 1.82) is 0 Å². The van der Waals surface area contributed by atoms with Gasteiger partial charge in [-0.05, 0) is 32.0 Å². The van der Waals surface area contributed by atoms with E-state index in [1.54, 1.807) is 6.20 Å². The van der Waals surface area contributed by atoms with Crippen molar-refractivity contribution >= 4 is 16.8 Å². The first-order valence-electron chi connectivity index (χ1n) is 8.36. The van der Waals surface area contributed by atoms with Crippen LogP contribution in [0.25, 0.3) is 28.2 Å². The average Bonchev–Trinajstić information content (AvgIpc) is 3.09. The van der Waals surface area contributed by atoms with E-state index in [2.05, 4.69) is 25.1 Å². The van der Waals surface area contributed by atoms with Gasteiger partial charge in [-0.2, -0.15) is 0 Å². The van der Waals surface area contributed by atoms with E-state index >= 15 is 0 Å². The van der Waals surface area contributed by atoms with Crippen molar-refractivity contribution in [2.45, 2.75) is 20.3 Å². The molecule has 0 amide bonds. The van der Waals surface area contributed by atoms with E-state index in [9.17, 15) is 0 Å². The first kappa shape index (κ1) is 16.3. The molecule has 0 aliphatic carbocycles. The summed E-state index contributed by atoms with van der Waals surface area (Å²) >= 11 is 0. The minimum absolute atomic E-state index is 0.0811. The standard InChI is InChI=1S/C18H18N6O2/c1-11-4-5-14-18(20-11)24-16(12(2)21-14)22-23-17(24)13-6-7-19-15(10-13)26-9-3-8-25/h4-7,10,25H,3,8-9H2,1-2H3. The van der Waals surface area contributed by atoms with E-state index < -0.39 is 0 Å². The fourth-order valence-electron chi connectivity index (χ4n) is 2.79. The van der Waals surface area contributed by atoms with Gasteiger partial charge in [0.15, 0.2) is 17.1 Å². The zero-order valence-electron chi connectivity index (χ0n) is 14.5. The summed E-state index contributed by atoms with van der Waals surface area (Å²) in [5.41, 5.74) is 4.68. The monoisotopic (exact) mass is 350 g/mol. The molecule has 0 radical (unpaired) electrons. The zero-order chi connectivity index (χ0) is 18.1. The van der Waals surface area contributed by atoms with Crippen LogP contribution in [0.2, 0.25) is 0 Å². The Hall–Kier alpha value is -3.13. The fraction of sp³-hybridized carbons (Fsp3) is 0.278. The lowest BCUT2D eigenvalue weighted by atomic mass is 10.2. The topological polar surface area (TPSA) is 98.3 Å². The molecule has 0 saturated heterocycles. The number of aliphatic hydroxyl groups is 1. The quantitative estimate of drug-likeness (QED) is 0.550. The molecule has 4 aromatic rings. The Bertz CT molecular complexity index is 1090. The molecular formula is C18H18N6O2. The Morgan fingerprint density at radius 1 is 1.08 bits per heavy atom. The molecule has 0 atom stereocenters. The maximum absolute atomic E-state index is 8.88. The molecule has 0 spiro atoms. The van der Waals surface area contributed by atoms with E-state index in [4.69, 9.17) is 9.84 Å². The summed E-state index contributed by atoms with van der Waals surface area (Å²) in [6.45, 7) is 4.33. The summed E-state index contributed by atoms with van der Waals surface area (Å²) in [6, 6.07) is 7.55. The molecule has 8 nitrogen and oxygen atoms in total. The van der Waals surface area contributed by atoms with Crippen LogP contribution in [0.5, 0.6) is 5.88 Å². The molecule has 4 aromatic heterocycles. The van der Waals surface area contributed by atoms with Crippen molar-refractivity contribution in [2.75, 3.05) is 13.2 Å². The molecule has 4 rings (SSSR count). The van der Waals surface area contributed by atoms with Gasteiger partial charge in [-0.3, -0.25) is 4.40 Å². The first-order chi connectivity index (χ1) is 12.7. The van der Waals surface area contributed by atoms with E-state index in [1.165, 1.54) is 0 Å². The number of fused-ring (bicyclic) bond motifs is 3. The Kier molecular flexibility index (Phi) is 4.18. The van der Waals surface area contributed by atoms with E-state index in [1.807, 2.05) is 42.5 Å². The molecule has 8 heteroatoms. The highest BCUT2D eigenvalue weighted by Gasteiger charge is 2.16. The van der Waals surface area contributed by atoms with Gasteiger partial charge in [0.2, 0.25) is 5.88 Å². The summed E-state index contributed by atoms with van der Waals surface area (Å²) in [6.07, 6.45) is 2.22. The fourth-order valence-corrected chi connectivity index (χ4v) is 2.79. The number of hydrogen-bond donors (Lipinski definition) is 1. The number of aliphatic hydroxyl groups excluding tert-OH is 1. The average molecular weight is 350 g/mol. The minimum atomic E-state index is 0.0811. The van der Waals surface area contributed by atoms with Crippen molar-refractivity contribution < 1.29 is 9.84 Å². The molecule has 0 fully saturated rings. The van der Waals surface area contributed by atoms with Crippen LogP contribution in [0, 0.1) is 13.8 Å². The van der Waals surface area contributed by atoms with E-state index in [0.717, 1.165) is 22.5 Å². The summed E-state index contributed by atoms with van der Waals surface area (Å²) in [7, 11) is 0. The van der Waals surface area contributed by atoms with Crippen LogP contribution in [-0.4, -0.2) is 47.9 Å². The number of rotatable bonds is 5. The van der Waals surface area contributed by atoms with E-state index in [0.29, 0.717) is 36.0 Å². The second-order valence-electron chi connectivity index (χ2n) is 5.98. The van der Waals surface area contributed by atoms with Crippen LogP contribution < -0.4 is 4.74 Å². The number of pyridine rings is 2. The number of aryl methyl sites for hydroxylation is 2. The van der Waals surface area contributed by atoms with Crippen molar-refractivity contribution in [3.05, 3.63) is 41.9 Å². The summed E-state index contributed by atoms with van der Waals surface area (Å²) in [5, 5.41) is 17.5. The van der Waals surface area contributed by atoms with Crippen molar-refractivity contribution in [3.8, 4) is 17.3 Å². The largest absolute Gasteiger partial charge is 0.478 e. The first-order valence-corrected chi connectivity index (χ1v) is 8.36. The molecule has 0 unspecified atom stereocenters. The van der Waals surface area contributed by atoms with Crippen LogP contribution in [-0.2, 0) is 0 Å². The van der Waals surface area contributed by atoms with Crippen LogP contribution in [0.1, 0.15) is 17.8 Å². The lowest BCUT2D eigenvalue weighted by molar-refractivity contribution is 0.229. The Morgan fingerprint density at radius 2 is 1.96 bits per heavy atom. The van der Waals surface area contributed by atoms with Crippen LogP contribution >= 0.6 is 0 Å². The Balaban J connectivity index is 1.88. The third-order valence-electron chi connectivity index (χ3n) is 4.03. The second-order valence-corrected chi connectivity index (χ2v) is 5.98. The molecule has 1 N–H and O–H groups in total. The van der Waals surface area contributed by atoms with Crippen LogP contribution in [0.15, 0.2) is 30.5 Å². The molecule has 0 saturated carbocycles. The molecule has 0 aliphatic rings. The van der Waals surface area contributed by atoms with Crippen LogP contribution in [0.3, 0.4) is 0 Å². The second kappa shape index (κ2) is 6.64. The van der Waals surface area contributed by atoms with Crippen molar-refractivity contribution in [3.63, 3.8) is 0 Å². The highest BCUT2D eigenvalue weighted by atomic mass is 16.5. The summed E-state index contributed by atoms with van der Waals surface area (Å²) in [4.78, 5) is 13.4. The molecule has 0 bridgehead atoms. The zero-order valence-corrected chi connectivity index (χ0v) is 14.5. The van der Waals surface area contributed by atoms with Crippen LogP contribution in [0.4, 0.5) is 0 Å². The molecule has 132 valence electrons. The Morgan fingerprint density at radius 3 is 2.81 bits per heavy atom. The van der Waals surface area contributed by atoms with Gasteiger partial charge < -0.3 is 9.84 Å². The third-order valence-corrected chi connectivity index (χ3v) is 4.03. The normalized spacial score (nSPS) is 11.3. The molecule has 4 heterocycles. The highest BCUT2D eigenvalue weighted by Crippen LogP contribution is 2.25. The Labute approximate surface area is 149 Å². The van der Waals surface area contributed by atoms with Gasteiger partial charge in [0.25, 0.3) is 0 Å². The lowest BCUT2D eigenvalue weighted by Crippen LogP contribution is -2.02. The summed E-state index contributed by atoms with van der Waals surface area (Å²) in [5.74, 6) is 1.13. The molecule has 0 aromatic carbocycles. The maximum atomic E-state index is 8.88. The number of nitrogens with zero attached hydrogens (tertiary/aromatic N) is 6. The van der Waals surface area contributed by atoms with Gasteiger partial charge in [0.05, 0.1) is 12.3 Å². The van der Waals surface area contributed by atoms with Crippen molar-refractivity contribution in [1.82, 2.24) is 29.5 Å². The highest BCUT2D eigenvalue weighted by molar-refractivity contribution is 5.78.